The molecule has 1 aliphatic heterocycles. The number of halogens is 1. The van der Waals surface area contributed by atoms with Crippen molar-refractivity contribution in [2.45, 2.75) is 24.0 Å². The molecular formula is C13H17ClN4O2S3. The summed E-state index contributed by atoms with van der Waals surface area (Å²) in [6, 6.07) is 3.19. The van der Waals surface area contributed by atoms with Crippen LogP contribution in [0.25, 0.3) is 0 Å². The van der Waals surface area contributed by atoms with Crippen molar-refractivity contribution in [3.05, 3.63) is 22.3 Å². The Kier molecular flexibility index (Phi) is 5.22. The summed E-state index contributed by atoms with van der Waals surface area (Å²) in [5, 5.41) is 0.875. The number of rotatable bonds is 4. The Morgan fingerprint density at radius 3 is 2.74 bits per heavy atom. The number of sulfonamides is 1. The van der Waals surface area contributed by atoms with Crippen molar-refractivity contribution in [1.29, 1.82) is 0 Å². The summed E-state index contributed by atoms with van der Waals surface area (Å²) in [5.41, 5.74) is 0. The average Bonchev–Trinajstić information content (AvgIpc) is 3.10. The van der Waals surface area contributed by atoms with Crippen LogP contribution in [-0.2, 0) is 16.4 Å². The molecule has 3 rings (SSSR count). The molecular weight excluding hydrogens is 376 g/mol. The maximum absolute atomic E-state index is 12.7. The Morgan fingerprint density at radius 2 is 2.09 bits per heavy atom. The second-order valence-electron chi connectivity index (χ2n) is 5.15. The van der Waals surface area contributed by atoms with E-state index in [1.165, 1.54) is 15.8 Å². The number of nitrogens with zero attached hydrogens (tertiary/aromatic N) is 4. The molecule has 3 heterocycles. The van der Waals surface area contributed by atoms with Crippen LogP contribution in [-0.4, -0.2) is 48.3 Å². The van der Waals surface area contributed by atoms with Gasteiger partial charge in [0.25, 0.3) is 10.0 Å². The summed E-state index contributed by atoms with van der Waals surface area (Å²) in [5.74, 6) is 0.840. The van der Waals surface area contributed by atoms with Crippen LogP contribution in [0.4, 0.5) is 5.13 Å². The largest absolute Gasteiger partial charge is 0.345 e. The molecule has 1 saturated heterocycles. The molecule has 2 aromatic rings. The Balaban J connectivity index is 1.73. The summed E-state index contributed by atoms with van der Waals surface area (Å²) in [4.78, 5) is 6.61. The van der Waals surface area contributed by atoms with Crippen molar-refractivity contribution in [2.24, 2.45) is 0 Å². The minimum atomic E-state index is -3.46. The first-order valence-electron chi connectivity index (χ1n) is 7.33. The smallest absolute Gasteiger partial charge is 0.252 e. The number of anilines is 1. The Bertz CT molecular complexity index is 774. The summed E-state index contributed by atoms with van der Waals surface area (Å²) < 4.78 is 32.0. The van der Waals surface area contributed by atoms with Crippen molar-refractivity contribution in [3.63, 3.8) is 0 Å². The molecule has 0 N–H and O–H groups in total. The van der Waals surface area contributed by atoms with Gasteiger partial charge in [0, 0.05) is 44.1 Å². The zero-order valence-electron chi connectivity index (χ0n) is 12.6. The fourth-order valence-electron chi connectivity index (χ4n) is 2.41. The highest BCUT2D eigenvalue weighted by Crippen LogP contribution is 2.29. The van der Waals surface area contributed by atoms with E-state index in [1.54, 1.807) is 12.1 Å². The summed E-state index contributed by atoms with van der Waals surface area (Å²) in [6.45, 7) is 4.38. The van der Waals surface area contributed by atoms with Gasteiger partial charge in [-0.25, -0.2) is 13.4 Å². The molecule has 0 spiro atoms. The van der Waals surface area contributed by atoms with E-state index in [0.717, 1.165) is 41.7 Å². The van der Waals surface area contributed by atoms with Gasteiger partial charge in [0.2, 0.25) is 5.13 Å². The third kappa shape index (κ3) is 3.69. The third-order valence-electron chi connectivity index (χ3n) is 3.64. The molecule has 0 unspecified atom stereocenters. The maximum Gasteiger partial charge on any atom is 0.252 e. The minimum absolute atomic E-state index is 0.306. The van der Waals surface area contributed by atoms with Crippen LogP contribution in [0.2, 0.25) is 4.34 Å². The average molecular weight is 393 g/mol. The van der Waals surface area contributed by atoms with Gasteiger partial charge in [-0.2, -0.15) is 8.68 Å². The van der Waals surface area contributed by atoms with Crippen molar-refractivity contribution in [3.8, 4) is 0 Å². The quantitative estimate of drug-likeness (QED) is 0.800. The summed E-state index contributed by atoms with van der Waals surface area (Å²) >= 11 is 8.35. The first kappa shape index (κ1) is 17.1. The van der Waals surface area contributed by atoms with E-state index in [4.69, 9.17) is 11.6 Å². The lowest BCUT2D eigenvalue weighted by molar-refractivity contribution is 0.434. The number of thiophene rings is 1. The molecule has 6 nitrogen and oxygen atoms in total. The Morgan fingerprint density at radius 1 is 1.26 bits per heavy atom. The van der Waals surface area contributed by atoms with Gasteiger partial charge in [0.05, 0.1) is 4.34 Å². The highest BCUT2D eigenvalue weighted by molar-refractivity contribution is 7.91. The van der Waals surface area contributed by atoms with Crippen LogP contribution >= 0.6 is 34.5 Å². The van der Waals surface area contributed by atoms with E-state index in [1.807, 2.05) is 6.92 Å². The van der Waals surface area contributed by atoms with Gasteiger partial charge in [-0.05, 0) is 18.6 Å². The van der Waals surface area contributed by atoms with Gasteiger partial charge in [-0.15, -0.1) is 11.3 Å². The van der Waals surface area contributed by atoms with E-state index < -0.39 is 10.0 Å². The molecule has 10 heteroatoms. The molecule has 23 heavy (non-hydrogen) atoms. The minimum Gasteiger partial charge on any atom is -0.345 e. The maximum atomic E-state index is 12.7. The van der Waals surface area contributed by atoms with Gasteiger partial charge >= 0.3 is 0 Å². The van der Waals surface area contributed by atoms with Gasteiger partial charge in [0.15, 0.2) is 0 Å². The number of aromatic nitrogens is 2. The fraction of sp³-hybridized carbons (Fsp3) is 0.538. The van der Waals surface area contributed by atoms with Crippen molar-refractivity contribution >= 4 is 49.6 Å². The Labute approximate surface area is 148 Å². The van der Waals surface area contributed by atoms with Gasteiger partial charge < -0.3 is 4.90 Å². The molecule has 0 radical (unpaired) electrons. The first-order chi connectivity index (χ1) is 11.0. The highest BCUT2D eigenvalue weighted by Gasteiger charge is 2.28. The Hall–Kier alpha value is -0.740. The zero-order valence-corrected chi connectivity index (χ0v) is 15.8. The van der Waals surface area contributed by atoms with Gasteiger partial charge in [-0.3, -0.25) is 0 Å². The summed E-state index contributed by atoms with van der Waals surface area (Å²) in [7, 11) is -3.46. The highest BCUT2D eigenvalue weighted by atomic mass is 35.5. The van der Waals surface area contributed by atoms with E-state index in [-0.39, 0.29) is 0 Å². The number of hydrogen-bond acceptors (Lipinski definition) is 7. The van der Waals surface area contributed by atoms with Crippen LogP contribution < -0.4 is 4.90 Å². The van der Waals surface area contributed by atoms with Crippen molar-refractivity contribution < 1.29 is 8.42 Å². The first-order valence-corrected chi connectivity index (χ1v) is 10.7. The molecule has 0 bridgehead atoms. The topological polar surface area (TPSA) is 66.4 Å². The third-order valence-corrected chi connectivity index (χ3v) is 8.05. The zero-order chi connectivity index (χ0) is 16.4. The number of hydrogen-bond donors (Lipinski definition) is 0. The van der Waals surface area contributed by atoms with E-state index >= 15 is 0 Å². The predicted molar refractivity (Wildman–Crippen MR) is 94.2 cm³/mol. The van der Waals surface area contributed by atoms with Gasteiger partial charge in [-0.1, -0.05) is 18.5 Å². The normalized spacial score (nSPS) is 17.4. The summed E-state index contributed by atoms with van der Waals surface area (Å²) in [6.07, 6.45) is 1.57. The van der Waals surface area contributed by atoms with Crippen LogP contribution in [0.15, 0.2) is 16.3 Å². The van der Waals surface area contributed by atoms with Crippen LogP contribution in [0.5, 0.6) is 0 Å². The van der Waals surface area contributed by atoms with E-state index in [0.29, 0.717) is 28.2 Å². The lowest BCUT2D eigenvalue weighted by atomic mass is 10.4. The lowest BCUT2D eigenvalue weighted by Gasteiger charge is -2.20. The van der Waals surface area contributed by atoms with Crippen molar-refractivity contribution in [1.82, 2.24) is 13.7 Å². The molecule has 0 aliphatic carbocycles. The number of aryl methyl sites for hydroxylation is 1. The van der Waals surface area contributed by atoms with Crippen LogP contribution in [0.1, 0.15) is 19.2 Å². The second-order valence-corrected chi connectivity index (χ2v) is 9.76. The monoisotopic (exact) mass is 392 g/mol. The van der Waals surface area contributed by atoms with Crippen LogP contribution in [0, 0.1) is 0 Å². The van der Waals surface area contributed by atoms with Crippen molar-refractivity contribution in [2.75, 3.05) is 31.1 Å². The van der Waals surface area contributed by atoms with E-state index in [2.05, 4.69) is 14.3 Å². The molecule has 1 aliphatic rings. The molecule has 1 fully saturated rings. The predicted octanol–water partition coefficient (Wildman–Crippen LogP) is 2.72. The molecule has 0 amide bonds. The molecule has 0 aromatic carbocycles. The molecule has 126 valence electrons. The fourth-order valence-corrected chi connectivity index (χ4v) is 6.31. The molecule has 0 atom stereocenters. The van der Waals surface area contributed by atoms with Crippen LogP contribution in [0.3, 0.4) is 0 Å². The molecule has 2 aromatic heterocycles. The van der Waals surface area contributed by atoms with E-state index in [9.17, 15) is 8.42 Å². The van der Waals surface area contributed by atoms with Gasteiger partial charge in [0.1, 0.15) is 10.0 Å². The lowest BCUT2D eigenvalue weighted by Crippen LogP contribution is -2.34. The second kappa shape index (κ2) is 7.02. The molecule has 0 saturated carbocycles. The SMILES string of the molecule is CCc1nsc(N2CCCN(S(=O)(=O)c3ccc(Cl)s3)CC2)n1. The standard InChI is InChI=1S/C13H17ClN4O2S3/c1-2-11-15-13(22-16-11)17-6-3-7-18(9-8-17)23(19,20)12-5-4-10(14)21-12/h4-5H,2-3,6-9H2,1H3.